The standard InChI is InChI=1S/C19H21NO5/c1-13-5-3-6-15(11-13)25-10-4-7-18(21)20-16-9-8-14(19(22)23)12-17(16)24-2/h3,5-6,8-9,11-12H,4,7,10H2,1-2H3,(H,20,21)(H,22,23). The van der Waals surface area contributed by atoms with E-state index in [4.69, 9.17) is 14.6 Å². The van der Waals surface area contributed by atoms with Crippen molar-refractivity contribution in [3.8, 4) is 11.5 Å². The minimum atomic E-state index is -1.05. The van der Waals surface area contributed by atoms with E-state index in [1.54, 1.807) is 0 Å². The van der Waals surface area contributed by atoms with Crippen LogP contribution in [0.25, 0.3) is 0 Å². The van der Waals surface area contributed by atoms with E-state index in [0.717, 1.165) is 11.3 Å². The van der Waals surface area contributed by atoms with Crippen LogP contribution >= 0.6 is 0 Å². The van der Waals surface area contributed by atoms with Gasteiger partial charge in [0.2, 0.25) is 5.91 Å². The molecule has 0 fully saturated rings. The number of hydrogen-bond donors (Lipinski definition) is 2. The molecule has 0 radical (unpaired) electrons. The van der Waals surface area contributed by atoms with E-state index < -0.39 is 5.97 Å². The van der Waals surface area contributed by atoms with Gasteiger partial charge in [-0.1, -0.05) is 12.1 Å². The molecule has 0 heterocycles. The van der Waals surface area contributed by atoms with Crippen molar-refractivity contribution in [3.05, 3.63) is 53.6 Å². The summed E-state index contributed by atoms with van der Waals surface area (Å²) in [5.41, 5.74) is 1.66. The lowest BCUT2D eigenvalue weighted by atomic mass is 10.2. The molecule has 0 spiro atoms. The highest BCUT2D eigenvalue weighted by molar-refractivity contribution is 5.94. The monoisotopic (exact) mass is 343 g/mol. The third-order valence-electron chi connectivity index (χ3n) is 3.53. The Kier molecular flexibility index (Phi) is 6.39. The van der Waals surface area contributed by atoms with Crippen LogP contribution in [0.3, 0.4) is 0 Å². The van der Waals surface area contributed by atoms with Crippen molar-refractivity contribution >= 4 is 17.6 Å². The predicted octanol–water partition coefficient (Wildman–Crippen LogP) is 3.50. The average Bonchev–Trinajstić information content (AvgIpc) is 2.59. The van der Waals surface area contributed by atoms with E-state index in [1.165, 1.54) is 25.3 Å². The Labute approximate surface area is 146 Å². The van der Waals surface area contributed by atoms with Gasteiger partial charge >= 0.3 is 5.97 Å². The molecule has 2 aromatic carbocycles. The smallest absolute Gasteiger partial charge is 0.335 e. The summed E-state index contributed by atoms with van der Waals surface area (Å²) < 4.78 is 10.7. The number of carboxylic acids is 1. The fourth-order valence-electron chi connectivity index (χ4n) is 2.27. The SMILES string of the molecule is COc1cc(C(=O)O)ccc1NC(=O)CCCOc1cccc(C)c1. The summed E-state index contributed by atoms with van der Waals surface area (Å²) in [5.74, 6) is -0.144. The van der Waals surface area contributed by atoms with Gasteiger partial charge in [0.1, 0.15) is 11.5 Å². The van der Waals surface area contributed by atoms with E-state index in [1.807, 2.05) is 31.2 Å². The van der Waals surface area contributed by atoms with E-state index in [0.29, 0.717) is 24.5 Å². The van der Waals surface area contributed by atoms with Gasteiger partial charge in [-0.25, -0.2) is 4.79 Å². The second kappa shape index (κ2) is 8.73. The lowest BCUT2D eigenvalue weighted by Crippen LogP contribution is -2.14. The average molecular weight is 343 g/mol. The lowest BCUT2D eigenvalue weighted by molar-refractivity contribution is -0.116. The zero-order valence-electron chi connectivity index (χ0n) is 14.2. The van der Waals surface area contributed by atoms with Crippen molar-refractivity contribution in [1.29, 1.82) is 0 Å². The molecule has 0 atom stereocenters. The molecule has 6 nitrogen and oxygen atoms in total. The first-order chi connectivity index (χ1) is 12.0. The van der Waals surface area contributed by atoms with Crippen molar-refractivity contribution < 1.29 is 24.2 Å². The summed E-state index contributed by atoms with van der Waals surface area (Å²) in [4.78, 5) is 23.0. The van der Waals surface area contributed by atoms with Crippen LogP contribution < -0.4 is 14.8 Å². The number of nitrogens with one attached hydrogen (secondary N) is 1. The van der Waals surface area contributed by atoms with Crippen LogP contribution in [0.5, 0.6) is 11.5 Å². The van der Waals surface area contributed by atoms with Crippen molar-refractivity contribution in [1.82, 2.24) is 0 Å². The van der Waals surface area contributed by atoms with Crippen molar-refractivity contribution in [2.45, 2.75) is 19.8 Å². The number of carbonyl (C=O) groups excluding carboxylic acids is 1. The molecule has 0 saturated carbocycles. The zero-order chi connectivity index (χ0) is 18.2. The van der Waals surface area contributed by atoms with Gasteiger partial charge in [0, 0.05) is 6.42 Å². The van der Waals surface area contributed by atoms with Crippen molar-refractivity contribution in [2.24, 2.45) is 0 Å². The third-order valence-corrected chi connectivity index (χ3v) is 3.53. The number of aryl methyl sites for hydroxylation is 1. The molecule has 0 saturated heterocycles. The molecule has 0 aliphatic rings. The molecule has 0 aromatic heterocycles. The van der Waals surface area contributed by atoms with Crippen molar-refractivity contribution in [2.75, 3.05) is 19.0 Å². The van der Waals surface area contributed by atoms with Gasteiger partial charge in [-0.2, -0.15) is 0 Å². The van der Waals surface area contributed by atoms with Crippen LogP contribution in [0.2, 0.25) is 0 Å². The molecule has 25 heavy (non-hydrogen) atoms. The van der Waals surface area contributed by atoms with Crippen molar-refractivity contribution in [3.63, 3.8) is 0 Å². The van der Waals surface area contributed by atoms with Crippen LogP contribution in [-0.4, -0.2) is 30.7 Å². The molecule has 132 valence electrons. The quantitative estimate of drug-likeness (QED) is 0.717. The van der Waals surface area contributed by atoms with Gasteiger partial charge < -0.3 is 19.9 Å². The molecule has 2 N–H and O–H groups in total. The minimum absolute atomic E-state index is 0.0985. The summed E-state index contributed by atoms with van der Waals surface area (Å²) in [7, 11) is 1.42. The first kappa shape index (κ1) is 18.3. The maximum absolute atomic E-state index is 12.0. The molecule has 0 bridgehead atoms. The summed E-state index contributed by atoms with van der Waals surface area (Å²) >= 11 is 0. The highest BCUT2D eigenvalue weighted by Gasteiger charge is 2.11. The first-order valence-electron chi connectivity index (χ1n) is 7.90. The Balaban J connectivity index is 1.83. The van der Waals surface area contributed by atoms with Gasteiger partial charge in [0.15, 0.2) is 0 Å². The van der Waals surface area contributed by atoms with Gasteiger partial charge in [0.25, 0.3) is 0 Å². The Morgan fingerprint density at radius 1 is 1.16 bits per heavy atom. The summed E-state index contributed by atoms with van der Waals surface area (Å²) in [5, 5.41) is 11.7. The number of methoxy groups -OCH3 is 1. The number of anilines is 1. The lowest BCUT2D eigenvalue weighted by Gasteiger charge is -2.11. The predicted molar refractivity (Wildman–Crippen MR) is 94.5 cm³/mol. The van der Waals surface area contributed by atoms with E-state index in [2.05, 4.69) is 5.32 Å². The maximum atomic E-state index is 12.0. The van der Waals surface area contributed by atoms with Crippen LogP contribution in [0.4, 0.5) is 5.69 Å². The van der Waals surface area contributed by atoms with Crippen LogP contribution in [-0.2, 0) is 4.79 Å². The Hall–Kier alpha value is -3.02. The first-order valence-corrected chi connectivity index (χ1v) is 7.90. The topological polar surface area (TPSA) is 84.9 Å². The number of carboxylic acid groups (broad SMARTS) is 1. The number of aromatic carboxylic acids is 1. The maximum Gasteiger partial charge on any atom is 0.335 e. The molecule has 2 aromatic rings. The van der Waals surface area contributed by atoms with E-state index >= 15 is 0 Å². The molecule has 0 aliphatic carbocycles. The van der Waals surface area contributed by atoms with E-state index in [-0.39, 0.29) is 17.9 Å². The Morgan fingerprint density at radius 3 is 2.64 bits per heavy atom. The van der Waals surface area contributed by atoms with Gasteiger partial charge in [-0.3, -0.25) is 4.79 Å². The van der Waals surface area contributed by atoms with Crippen LogP contribution in [0.15, 0.2) is 42.5 Å². The molecule has 0 aliphatic heterocycles. The summed E-state index contributed by atoms with van der Waals surface area (Å²) in [6.45, 7) is 2.43. The van der Waals surface area contributed by atoms with Gasteiger partial charge in [0.05, 0.1) is 25.0 Å². The highest BCUT2D eigenvalue weighted by atomic mass is 16.5. The van der Waals surface area contributed by atoms with Gasteiger partial charge in [-0.05, 0) is 49.2 Å². The molecule has 6 heteroatoms. The Bertz CT molecular complexity index is 757. The number of carbonyl (C=O) groups is 2. The molecule has 0 unspecified atom stereocenters. The zero-order valence-corrected chi connectivity index (χ0v) is 14.2. The Morgan fingerprint density at radius 2 is 1.96 bits per heavy atom. The van der Waals surface area contributed by atoms with Crippen LogP contribution in [0, 0.1) is 6.92 Å². The molecular weight excluding hydrogens is 322 g/mol. The number of ether oxygens (including phenoxy) is 2. The largest absolute Gasteiger partial charge is 0.495 e. The number of rotatable bonds is 8. The molecule has 1 amide bonds. The summed E-state index contributed by atoms with van der Waals surface area (Å²) in [6, 6.07) is 12.0. The summed E-state index contributed by atoms with van der Waals surface area (Å²) in [6.07, 6.45) is 0.852. The second-order valence-corrected chi connectivity index (χ2v) is 5.54. The highest BCUT2D eigenvalue weighted by Crippen LogP contribution is 2.25. The molecular formula is C19H21NO5. The normalized spacial score (nSPS) is 10.2. The molecule has 2 rings (SSSR count). The number of hydrogen-bond acceptors (Lipinski definition) is 4. The fourth-order valence-corrected chi connectivity index (χ4v) is 2.27. The second-order valence-electron chi connectivity index (χ2n) is 5.54. The fraction of sp³-hybridized carbons (Fsp3) is 0.263. The third kappa shape index (κ3) is 5.53. The van der Waals surface area contributed by atoms with Crippen LogP contribution in [0.1, 0.15) is 28.8 Å². The number of benzene rings is 2. The minimum Gasteiger partial charge on any atom is -0.495 e. The van der Waals surface area contributed by atoms with E-state index in [9.17, 15) is 9.59 Å². The number of amides is 1. The van der Waals surface area contributed by atoms with Gasteiger partial charge in [-0.15, -0.1) is 0 Å².